The monoisotopic (exact) mass is 292 g/mol. The molecule has 2 aromatic heterocycles. The quantitative estimate of drug-likeness (QED) is 0.872. The molecule has 0 bridgehead atoms. The van der Waals surface area contributed by atoms with Crippen molar-refractivity contribution in [3.8, 4) is 0 Å². The van der Waals surface area contributed by atoms with Gasteiger partial charge in [-0.15, -0.1) is 11.3 Å². The summed E-state index contributed by atoms with van der Waals surface area (Å²) in [6, 6.07) is 6.12. The standard InChI is InChI=1S/C14H16N2OS2/c17-13(15-8-12-2-1-6-19-12)16-10-14(4-5-14)11-3-7-18-9-11/h1-3,6-7,9H,4-5,8,10H2,(H2,15,16,17). The van der Waals surface area contributed by atoms with Gasteiger partial charge in [-0.2, -0.15) is 11.3 Å². The maximum Gasteiger partial charge on any atom is 0.315 e. The molecule has 3 rings (SSSR count). The highest BCUT2D eigenvalue weighted by atomic mass is 32.1. The van der Waals surface area contributed by atoms with E-state index in [-0.39, 0.29) is 11.4 Å². The van der Waals surface area contributed by atoms with Crippen molar-refractivity contribution in [1.29, 1.82) is 0 Å². The molecule has 19 heavy (non-hydrogen) atoms. The number of thiophene rings is 2. The minimum absolute atomic E-state index is 0.0742. The van der Waals surface area contributed by atoms with Crippen LogP contribution >= 0.6 is 22.7 Å². The zero-order valence-corrected chi connectivity index (χ0v) is 12.2. The summed E-state index contributed by atoms with van der Waals surface area (Å²) in [7, 11) is 0. The van der Waals surface area contributed by atoms with Crippen LogP contribution in [0, 0.1) is 0 Å². The Morgan fingerprint density at radius 1 is 1.26 bits per heavy atom. The summed E-state index contributed by atoms with van der Waals surface area (Å²) in [6.07, 6.45) is 2.35. The fraction of sp³-hybridized carbons (Fsp3) is 0.357. The van der Waals surface area contributed by atoms with E-state index in [1.54, 1.807) is 22.7 Å². The van der Waals surface area contributed by atoms with Crippen LogP contribution < -0.4 is 10.6 Å². The van der Waals surface area contributed by atoms with Crippen LogP contribution in [0.2, 0.25) is 0 Å². The molecule has 0 radical (unpaired) electrons. The van der Waals surface area contributed by atoms with Gasteiger partial charge in [0.15, 0.2) is 0 Å². The molecule has 1 aliphatic carbocycles. The third kappa shape index (κ3) is 2.98. The number of rotatable bonds is 5. The molecule has 3 nitrogen and oxygen atoms in total. The lowest BCUT2D eigenvalue weighted by atomic mass is 9.99. The van der Waals surface area contributed by atoms with Gasteiger partial charge in [0, 0.05) is 16.8 Å². The highest BCUT2D eigenvalue weighted by molar-refractivity contribution is 7.09. The molecule has 1 aliphatic rings. The molecule has 0 atom stereocenters. The van der Waals surface area contributed by atoms with Gasteiger partial charge in [-0.1, -0.05) is 6.07 Å². The molecule has 1 fully saturated rings. The van der Waals surface area contributed by atoms with Crippen LogP contribution in [0.1, 0.15) is 23.3 Å². The van der Waals surface area contributed by atoms with Crippen molar-refractivity contribution in [1.82, 2.24) is 10.6 Å². The van der Waals surface area contributed by atoms with Crippen molar-refractivity contribution in [3.05, 3.63) is 44.8 Å². The first-order valence-corrected chi connectivity index (χ1v) is 8.18. The molecule has 0 saturated heterocycles. The molecule has 1 saturated carbocycles. The minimum atomic E-state index is -0.0742. The van der Waals surface area contributed by atoms with Crippen molar-refractivity contribution in [2.75, 3.05) is 6.54 Å². The average Bonchev–Trinajstić information content (AvgIpc) is 2.90. The van der Waals surface area contributed by atoms with Gasteiger partial charge >= 0.3 is 6.03 Å². The zero-order valence-electron chi connectivity index (χ0n) is 10.5. The van der Waals surface area contributed by atoms with E-state index in [9.17, 15) is 4.79 Å². The Kier molecular flexibility index (Phi) is 3.57. The molecule has 5 heteroatoms. The third-order valence-corrected chi connectivity index (χ3v) is 5.14. The van der Waals surface area contributed by atoms with Crippen LogP contribution in [-0.2, 0) is 12.0 Å². The Morgan fingerprint density at radius 2 is 2.16 bits per heavy atom. The van der Waals surface area contributed by atoms with E-state index < -0.39 is 0 Å². The van der Waals surface area contributed by atoms with Gasteiger partial charge in [-0.05, 0) is 46.7 Å². The Labute approximate surface area is 120 Å². The number of amides is 2. The Morgan fingerprint density at radius 3 is 2.79 bits per heavy atom. The number of nitrogens with one attached hydrogen (secondary N) is 2. The second-order valence-corrected chi connectivity index (χ2v) is 6.72. The molecule has 2 N–H and O–H groups in total. The predicted molar refractivity (Wildman–Crippen MR) is 79.8 cm³/mol. The number of carbonyl (C=O) groups is 1. The SMILES string of the molecule is O=C(NCc1cccs1)NCC1(c2ccsc2)CC1. The Bertz CT molecular complexity index is 530. The zero-order chi connectivity index (χ0) is 13.1. The fourth-order valence-corrected chi connectivity index (χ4v) is 3.60. The highest BCUT2D eigenvalue weighted by Crippen LogP contribution is 2.48. The first kappa shape index (κ1) is 12.7. The number of hydrogen-bond donors (Lipinski definition) is 2. The van der Waals surface area contributed by atoms with E-state index in [1.165, 1.54) is 23.3 Å². The van der Waals surface area contributed by atoms with Crippen LogP contribution in [0.25, 0.3) is 0 Å². The molecule has 0 aliphatic heterocycles. The van der Waals surface area contributed by atoms with E-state index in [2.05, 4.69) is 27.5 Å². The van der Waals surface area contributed by atoms with Gasteiger partial charge in [0.1, 0.15) is 0 Å². The molecule has 0 spiro atoms. The Balaban J connectivity index is 1.46. The number of urea groups is 1. The van der Waals surface area contributed by atoms with Gasteiger partial charge in [-0.25, -0.2) is 4.79 Å². The molecule has 100 valence electrons. The second kappa shape index (κ2) is 5.35. The van der Waals surface area contributed by atoms with E-state index in [4.69, 9.17) is 0 Å². The third-order valence-electron chi connectivity index (χ3n) is 3.58. The van der Waals surface area contributed by atoms with Gasteiger partial charge in [0.25, 0.3) is 0 Å². The highest BCUT2D eigenvalue weighted by Gasteiger charge is 2.44. The van der Waals surface area contributed by atoms with Crippen LogP contribution in [0.4, 0.5) is 4.79 Å². The van der Waals surface area contributed by atoms with E-state index in [0.29, 0.717) is 6.54 Å². The largest absolute Gasteiger partial charge is 0.337 e. The summed E-state index contributed by atoms with van der Waals surface area (Å²) in [6.45, 7) is 1.34. The maximum atomic E-state index is 11.8. The van der Waals surface area contributed by atoms with Crippen LogP contribution in [0.15, 0.2) is 34.3 Å². The molecule has 2 aromatic rings. The number of hydrogen-bond acceptors (Lipinski definition) is 3. The molecular formula is C14H16N2OS2. The van der Waals surface area contributed by atoms with Gasteiger partial charge < -0.3 is 10.6 Å². The summed E-state index contributed by atoms with van der Waals surface area (Å²) in [4.78, 5) is 12.9. The second-order valence-electron chi connectivity index (χ2n) is 4.91. The number of carbonyl (C=O) groups excluding carboxylic acids is 1. The smallest absolute Gasteiger partial charge is 0.315 e. The van der Waals surface area contributed by atoms with Crippen LogP contribution in [0.3, 0.4) is 0 Å². The molecular weight excluding hydrogens is 276 g/mol. The van der Waals surface area contributed by atoms with E-state index in [0.717, 1.165) is 6.54 Å². The molecule has 2 amide bonds. The van der Waals surface area contributed by atoms with Gasteiger partial charge in [-0.3, -0.25) is 0 Å². The van der Waals surface area contributed by atoms with Crippen molar-refractivity contribution < 1.29 is 4.79 Å². The Hall–Kier alpha value is -1.33. The van der Waals surface area contributed by atoms with E-state index >= 15 is 0 Å². The van der Waals surface area contributed by atoms with Crippen molar-refractivity contribution in [2.45, 2.75) is 24.8 Å². The molecule has 0 aromatic carbocycles. The molecule has 0 unspecified atom stereocenters. The fourth-order valence-electron chi connectivity index (χ4n) is 2.18. The minimum Gasteiger partial charge on any atom is -0.337 e. The summed E-state index contributed by atoms with van der Waals surface area (Å²) in [5.74, 6) is 0. The van der Waals surface area contributed by atoms with Crippen LogP contribution in [-0.4, -0.2) is 12.6 Å². The molecule has 2 heterocycles. The normalized spacial score (nSPS) is 16.0. The maximum absolute atomic E-state index is 11.8. The summed E-state index contributed by atoms with van der Waals surface area (Å²) in [5.41, 5.74) is 1.58. The lowest BCUT2D eigenvalue weighted by Crippen LogP contribution is -2.39. The summed E-state index contributed by atoms with van der Waals surface area (Å²) >= 11 is 3.38. The van der Waals surface area contributed by atoms with E-state index in [1.807, 2.05) is 17.5 Å². The summed E-state index contributed by atoms with van der Waals surface area (Å²) < 4.78 is 0. The lowest BCUT2D eigenvalue weighted by Gasteiger charge is -2.15. The van der Waals surface area contributed by atoms with Crippen LogP contribution in [0.5, 0.6) is 0 Å². The topological polar surface area (TPSA) is 41.1 Å². The van der Waals surface area contributed by atoms with Gasteiger partial charge in [0.2, 0.25) is 0 Å². The average molecular weight is 292 g/mol. The van der Waals surface area contributed by atoms with Crippen molar-refractivity contribution >= 4 is 28.7 Å². The van der Waals surface area contributed by atoms with Crippen molar-refractivity contribution in [2.24, 2.45) is 0 Å². The van der Waals surface area contributed by atoms with Crippen molar-refractivity contribution in [3.63, 3.8) is 0 Å². The first-order chi connectivity index (χ1) is 9.28. The first-order valence-electron chi connectivity index (χ1n) is 6.35. The summed E-state index contributed by atoms with van der Waals surface area (Å²) in [5, 5.41) is 12.2. The van der Waals surface area contributed by atoms with Gasteiger partial charge in [0.05, 0.1) is 6.54 Å². The lowest BCUT2D eigenvalue weighted by molar-refractivity contribution is 0.239. The predicted octanol–water partition coefficient (Wildman–Crippen LogP) is 3.34.